The van der Waals surface area contributed by atoms with E-state index in [0.717, 1.165) is 28.1 Å². The summed E-state index contributed by atoms with van der Waals surface area (Å²) in [6.45, 7) is 8.87. The average Bonchev–Trinajstić information content (AvgIpc) is 3.01. The largest absolute Gasteiger partial charge is 0.493 e. The number of benzene rings is 1. The van der Waals surface area contributed by atoms with Crippen molar-refractivity contribution in [3.63, 3.8) is 0 Å². The SMILES string of the molecule is CCCCOc1ccc(S(=O)(=O)n2ccnc2)cc1C(C)(C)C. The van der Waals surface area contributed by atoms with Gasteiger partial charge in [-0.1, -0.05) is 34.1 Å². The Morgan fingerprint density at radius 2 is 2.00 bits per heavy atom. The molecule has 23 heavy (non-hydrogen) atoms. The predicted molar refractivity (Wildman–Crippen MR) is 90.4 cm³/mol. The lowest BCUT2D eigenvalue weighted by Crippen LogP contribution is -2.17. The molecule has 0 aliphatic heterocycles. The lowest BCUT2D eigenvalue weighted by molar-refractivity contribution is 0.301. The van der Waals surface area contributed by atoms with E-state index < -0.39 is 10.0 Å². The highest BCUT2D eigenvalue weighted by atomic mass is 32.2. The first kappa shape index (κ1) is 17.5. The van der Waals surface area contributed by atoms with Crippen LogP contribution < -0.4 is 4.74 Å². The lowest BCUT2D eigenvalue weighted by atomic mass is 9.86. The molecule has 0 fully saturated rings. The van der Waals surface area contributed by atoms with E-state index in [2.05, 4.69) is 11.9 Å². The molecule has 2 aromatic rings. The van der Waals surface area contributed by atoms with E-state index in [0.29, 0.717) is 6.61 Å². The molecule has 0 atom stereocenters. The van der Waals surface area contributed by atoms with Crippen molar-refractivity contribution < 1.29 is 13.2 Å². The van der Waals surface area contributed by atoms with Gasteiger partial charge in [0, 0.05) is 18.0 Å². The van der Waals surface area contributed by atoms with E-state index in [-0.39, 0.29) is 10.3 Å². The van der Waals surface area contributed by atoms with Crippen LogP contribution in [0, 0.1) is 0 Å². The topological polar surface area (TPSA) is 61.2 Å². The molecule has 6 heteroatoms. The molecule has 0 saturated heterocycles. The molecule has 5 nitrogen and oxygen atoms in total. The number of imidazole rings is 1. The Morgan fingerprint density at radius 1 is 1.26 bits per heavy atom. The van der Waals surface area contributed by atoms with Gasteiger partial charge in [0.25, 0.3) is 10.0 Å². The standard InChI is InChI=1S/C17H24N2O3S/c1-5-6-11-22-16-8-7-14(12-15(16)17(2,3)4)23(20,21)19-10-9-18-13-19/h7-10,12-13H,5-6,11H2,1-4H3. The van der Waals surface area contributed by atoms with Gasteiger partial charge in [0.05, 0.1) is 11.5 Å². The zero-order chi connectivity index (χ0) is 17.1. The Kier molecular flexibility index (Phi) is 5.14. The van der Waals surface area contributed by atoms with Gasteiger partial charge in [-0.3, -0.25) is 0 Å². The normalized spacial score (nSPS) is 12.3. The second kappa shape index (κ2) is 6.74. The van der Waals surface area contributed by atoms with Crippen molar-refractivity contribution in [2.24, 2.45) is 0 Å². The molecule has 0 spiro atoms. The van der Waals surface area contributed by atoms with E-state index in [9.17, 15) is 8.42 Å². The summed E-state index contributed by atoms with van der Waals surface area (Å²) in [6.07, 6.45) is 6.19. The van der Waals surface area contributed by atoms with Crippen molar-refractivity contribution in [1.29, 1.82) is 0 Å². The van der Waals surface area contributed by atoms with Crippen molar-refractivity contribution in [1.82, 2.24) is 8.96 Å². The molecule has 0 aliphatic carbocycles. The molecule has 0 saturated carbocycles. The monoisotopic (exact) mass is 336 g/mol. The van der Waals surface area contributed by atoms with Crippen molar-refractivity contribution in [2.75, 3.05) is 6.61 Å². The number of hydrogen-bond donors (Lipinski definition) is 0. The minimum atomic E-state index is -3.62. The minimum Gasteiger partial charge on any atom is -0.493 e. The van der Waals surface area contributed by atoms with E-state index in [1.807, 2.05) is 20.8 Å². The maximum atomic E-state index is 12.6. The van der Waals surface area contributed by atoms with Crippen LogP contribution in [-0.4, -0.2) is 24.0 Å². The fourth-order valence-electron chi connectivity index (χ4n) is 2.22. The molecule has 0 N–H and O–H groups in total. The van der Waals surface area contributed by atoms with Crippen LogP contribution in [0.1, 0.15) is 46.1 Å². The maximum absolute atomic E-state index is 12.6. The summed E-state index contributed by atoms with van der Waals surface area (Å²) in [5, 5.41) is 0. The molecule has 0 aliphatic rings. The first-order valence-corrected chi connectivity index (χ1v) is 9.21. The van der Waals surface area contributed by atoms with Crippen LogP contribution in [-0.2, 0) is 15.4 Å². The zero-order valence-corrected chi connectivity index (χ0v) is 14.9. The molecule has 0 radical (unpaired) electrons. The van der Waals surface area contributed by atoms with Crippen LogP contribution in [0.4, 0.5) is 0 Å². The summed E-state index contributed by atoms with van der Waals surface area (Å²) < 4.78 is 32.2. The Balaban J connectivity index is 2.45. The van der Waals surface area contributed by atoms with E-state index in [1.54, 1.807) is 18.2 Å². The van der Waals surface area contributed by atoms with Gasteiger partial charge >= 0.3 is 0 Å². The number of ether oxygens (including phenoxy) is 1. The molecule has 0 unspecified atom stereocenters. The van der Waals surface area contributed by atoms with Crippen LogP contribution in [0.2, 0.25) is 0 Å². The Bertz CT molecular complexity index is 745. The first-order chi connectivity index (χ1) is 10.8. The molecule has 2 rings (SSSR count). The number of unbranched alkanes of at least 4 members (excludes halogenated alkanes) is 1. The van der Waals surface area contributed by atoms with Crippen molar-refractivity contribution in [2.45, 2.75) is 50.8 Å². The minimum absolute atomic E-state index is 0.220. The summed E-state index contributed by atoms with van der Waals surface area (Å²) in [5.74, 6) is 0.746. The molecule has 1 aromatic heterocycles. The highest BCUT2D eigenvalue weighted by molar-refractivity contribution is 7.90. The number of nitrogens with zero attached hydrogens (tertiary/aromatic N) is 2. The van der Waals surface area contributed by atoms with Gasteiger partial charge in [0.1, 0.15) is 12.1 Å². The summed E-state index contributed by atoms with van der Waals surface area (Å²) >= 11 is 0. The molecule has 1 aromatic carbocycles. The average molecular weight is 336 g/mol. The number of hydrogen-bond acceptors (Lipinski definition) is 4. The van der Waals surface area contributed by atoms with Gasteiger partial charge in [0.2, 0.25) is 0 Å². The molecule has 0 amide bonds. The Morgan fingerprint density at radius 3 is 2.57 bits per heavy atom. The third-order valence-electron chi connectivity index (χ3n) is 3.57. The van der Waals surface area contributed by atoms with Gasteiger partial charge in [-0.15, -0.1) is 0 Å². The van der Waals surface area contributed by atoms with Crippen LogP contribution in [0.15, 0.2) is 41.8 Å². The summed E-state index contributed by atoms with van der Waals surface area (Å²) in [7, 11) is -3.62. The first-order valence-electron chi connectivity index (χ1n) is 7.77. The van der Waals surface area contributed by atoms with E-state index >= 15 is 0 Å². The van der Waals surface area contributed by atoms with Crippen molar-refractivity contribution in [3.8, 4) is 5.75 Å². The fourth-order valence-corrected chi connectivity index (χ4v) is 3.36. The van der Waals surface area contributed by atoms with Gasteiger partial charge in [-0.25, -0.2) is 17.4 Å². The molecular formula is C17H24N2O3S. The molecular weight excluding hydrogens is 312 g/mol. The van der Waals surface area contributed by atoms with Crippen LogP contribution in [0.3, 0.4) is 0 Å². The zero-order valence-electron chi connectivity index (χ0n) is 14.1. The quantitative estimate of drug-likeness (QED) is 0.756. The summed E-state index contributed by atoms with van der Waals surface area (Å²) in [5.41, 5.74) is 0.664. The highest BCUT2D eigenvalue weighted by Crippen LogP contribution is 2.34. The van der Waals surface area contributed by atoms with Gasteiger partial charge in [-0.2, -0.15) is 0 Å². The van der Waals surface area contributed by atoms with Crippen LogP contribution in [0.25, 0.3) is 0 Å². The Hall–Kier alpha value is -1.82. The third kappa shape index (κ3) is 3.93. The van der Waals surface area contributed by atoms with Crippen molar-refractivity contribution in [3.05, 3.63) is 42.5 Å². The van der Waals surface area contributed by atoms with Gasteiger partial charge < -0.3 is 4.74 Å². The van der Waals surface area contributed by atoms with E-state index in [4.69, 9.17) is 4.74 Å². The van der Waals surface area contributed by atoms with Gasteiger partial charge in [0.15, 0.2) is 0 Å². The fraction of sp³-hybridized carbons (Fsp3) is 0.471. The molecule has 0 bridgehead atoms. The predicted octanol–water partition coefficient (Wildman–Crippen LogP) is 3.60. The van der Waals surface area contributed by atoms with Crippen LogP contribution in [0.5, 0.6) is 5.75 Å². The van der Waals surface area contributed by atoms with E-state index in [1.165, 1.54) is 18.7 Å². The lowest BCUT2D eigenvalue weighted by Gasteiger charge is -2.23. The smallest absolute Gasteiger partial charge is 0.268 e. The maximum Gasteiger partial charge on any atom is 0.268 e. The summed E-state index contributed by atoms with van der Waals surface area (Å²) in [6, 6.07) is 5.04. The number of aromatic nitrogens is 2. The van der Waals surface area contributed by atoms with Crippen LogP contribution >= 0.6 is 0 Å². The van der Waals surface area contributed by atoms with Gasteiger partial charge in [-0.05, 0) is 30.0 Å². The second-order valence-electron chi connectivity index (χ2n) is 6.51. The second-order valence-corrected chi connectivity index (χ2v) is 8.35. The summed E-state index contributed by atoms with van der Waals surface area (Å²) in [4.78, 5) is 4.05. The molecule has 126 valence electrons. The van der Waals surface area contributed by atoms with Crippen molar-refractivity contribution >= 4 is 10.0 Å². The highest BCUT2D eigenvalue weighted by Gasteiger charge is 2.24. The molecule has 1 heterocycles. The number of rotatable bonds is 6. The Labute approximate surface area is 138 Å². The third-order valence-corrected chi connectivity index (χ3v) is 5.19.